The molecule has 3 nitrogen and oxygen atoms in total. The first kappa shape index (κ1) is 12.4. The Kier molecular flexibility index (Phi) is 4.36. The maximum Gasteiger partial charge on any atom is 0.0967 e. The van der Waals surface area contributed by atoms with E-state index in [-0.39, 0.29) is 5.25 Å². The molecule has 5 heteroatoms. The zero-order chi connectivity index (χ0) is 12.1. The molecule has 0 aliphatic heterocycles. The average molecular weight is 266 g/mol. The molecule has 1 atom stereocenters. The summed E-state index contributed by atoms with van der Waals surface area (Å²) in [6.45, 7) is 0.520. The minimum atomic E-state index is 0.116. The van der Waals surface area contributed by atoms with E-state index in [9.17, 15) is 0 Å². The van der Waals surface area contributed by atoms with Crippen molar-refractivity contribution in [2.75, 3.05) is 6.54 Å². The molecule has 2 aromatic heterocycles. The summed E-state index contributed by atoms with van der Waals surface area (Å²) in [5.74, 6) is 0. The molecule has 88 valence electrons. The van der Waals surface area contributed by atoms with Crippen molar-refractivity contribution in [3.8, 4) is 0 Å². The van der Waals surface area contributed by atoms with E-state index < -0.39 is 0 Å². The van der Waals surface area contributed by atoms with Crippen LogP contribution in [0.1, 0.15) is 10.9 Å². The third-order valence-corrected chi connectivity index (χ3v) is 3.62. The average Bonchev–Trinajstić information content (AvgIpc) is 2.39. The largest absolute Gasteiger partial charge is 0.329 e. The van der Waals surface area contributed by atoms with Crippen LogP contribution in [0.3, 0.4) is 0 Å². The Morgan fingerprint density at radius 2 is 2.12 bits per heavy atom. The van der Waals surface area contributed by atoms with E-state index in [4.69, 9.17) is 17.3 Å². The van der Waals surface area contributed by atoms with Crippen LogP contribution in [0, 0.1) is 0 Å². The molecule has 0 aliphatic carbocycles. The second kappa shape index (κ2) is 6.00. The molecule has 0 bridgehead atoms. The third kappa shape index (κ3) is 3.43. The summed E-state index contributed by atoms with van der Waals surface area (Å²) >= 11 is 7.38. The van der Waals surface area contributed by atoms with Gasteiger partial charge in [-0.15, -0.1) is 0 Å². The maximum absolute atomic E-state index is 5.79. The fraction of sp³-hybridized carbons (Fsp3) is 0.167. The molecule has 0 fully saturated rings. The number of rotatable bonds is 4. The third-order valence-electron chi connectivity index (χ3n) is 2.19. The van der Waals surface area contributed by atoms with Crippen molar-refractivity contribution < 1.29 is 0 Å². The summed E-state index contributed by atoms with van der Waals surface area (Å²) in [6.07, 6.45) is 3.41. The first-order valence-corrected chi connectivity index (χ1v) is 6.44. The van der Waals surface area contributed by atoms with Gasteiger partial charge in [-0.2, -0.15) is 0 Å². The van der Waals surface area contributed by atoms with Gasteiger partial charge >= 0.3 is 0 Å². The van der Waals surface area contributed by atoms with Gasteiger partial charge in [0.05, 0.1) is 21.0 Å². The predicted molar refractivity (Wildman–Crippen MR) is 71.1 cm³/mol. The van der Waals surface area contributed by atoms with Gasteiger partial charge in [-0.1, -0.05) is 29.4 Å². The van der Waals surface area contributed by atoms with Crippen LogP contribution >= 0.6 is 23.4 Å². The Morgan fingerprint density at radius 3 is 2.71 bits per heavy atom. The van der Waals surface area contributed by atoms with E-state index in [1.54, 1.807) is 24.2 Å². The Labute approximate surface area is 109 Å². The summed E-state index contributed by atoms with van der Waals surface area (Å²) in [6, 6.07) is 9.53. The first-order chi connectivity index (χ1) is 8.29. The molecule has 1 unspecified atom stereocenters. The smallest absolute Gasteiger partial charge is 0.0967 e. The van der Waals surface area contributed by atoms with E-state index in [0.717, 1.165) is 10.7 Å². The van der Waals surface area contributed by atoms with Crippen molar-refractivity contribution in [1.29, 1.82) is 0 Å². The van der Waals surface area contributed by atoms with Gasteiger partial charge in [0.2, 0.25) is 0 Å². The highest BCUT2D eigenvalue weighted by molar-refractivity contribution is 7.99. The molecule has 17 heavy (non-hydrogen) atoms. The van der Waals surface area contributed by atoms with Gasteiger partial charge in [0.1, 0.15) is 0 Å². The predicted octanol–water partition coefficient (Wildman–Crippen LogP) is 2.92. The van der Waals surface area contributed by atoms with E-state index in [1.165, 1.54) is 0 Å². The molecule has 2 heterocycles. The topological polar surface area (TPSA) is 51.8 Å². The Morgan fingerprint density at radius 1 is 1.24 bits per heavy atom. The summed E-state index contributed by atoms with van der Waals surface area (Å²) < 4.78 is 0. The SMILES string of the molecule is NCC(Sc1ccc(Cl)cn1)c1ccccn1. The van der Waals surface area contributed by atoms with Gasteiger partial charge in [-0.3, -0.25) is 4.98 Å². The highest BCUT2D eigenvalue weighted by atomic mass is 35.5. The molecular weight excluding hydrogens is 254 g/mol. The number of pyridine rings is 2. The fourth-order valence-corrected chi connectivity index (χ4v) is 2.39. The summed E-state index contributed by atoms with van der Waals surface area (Å²) in [7, 11) is 0. The standard InChI is InChI=1S/C12H12ClN3S/c13-9-4-5-12(16-8-9)17-11(7-14)10-3-1-2-6-15-10/h1-6,8,11H,7,14H2. The lowest BCUT2D eigenvalue weighted by Gasteiger charge is -2.12. The highest BCUT2D eigenvalue weighted by Gasteiger charge is 2.12. The second-order valence-electron chi connectivity index (χ2n) is 3.41. The van der Waals surface area contributed by atoms with Crippen LogP contribution in [0.5, 0.6) is 0 Å². The van der Waals surface area contributed by atoms with Crippen LogP contribution in [0.15, 0.2) is 47.8 Å². The van der Waals surface area contributed by atoms with E-state index in [1.807, 2.05) is 30.3 Å². The molecule has 0 aromatic carbocycles. The van der Waals surface area contributed by atoms with Crippen LogP contribution in [0.2, 0.25) is 5.02 Å². The lowest BCUT2D eigenvalue weighted by molar-refractivity contribution is 0.894. The maximum atomic E-state index is 5.79. The quantitative estimate of drug-likeness (QED) is 0.864. The second-order valence-corrected chi connectivity index (χ2v) is 5.07. The van der Waals surface area contributed by atoms with Gasteiger partial charge in [0.15, 0.2) is 0 Å². The normalized spacial score (nSPS) is 12.4. The molecule has 0 saturated heterocycles. The van der Waals surface area contributed by atoms with E-state index in [2.05, 4.69) is 9.97 Å². The van der Waals surface area contributed by atoms with Crippen molar-refractivity contribution in [1.82, 2.24) is 9.97 Å². The summed E-state index contributed by atoms with van der Waals surface area (Å²) in [4.78, 5) is 8.55. The number of halogens is 1. The zero-order valence-corrected chi connectivity index (χ0v) is 10.7. The van der Waals surface area contributed by atoms with Gasteiger partial charge in [-0.05, 0) is 24.3 Å². The molecule has 2 aromatic rings. The first-order valence-electron chi connectivity index (χ1n) is 5.19. The van der Waals surface area contributed by atoms with Crippen LogP contribution in [0.4, 0.5) is 0 Å². The molecule has 2 N–H and O–H groups in total. The van der Waals surface area contributed by atoms with Crippen molar-refractivity contribution in [2.24, 2.45) is 5.73 Å². The van der Waals surface area contributed by atoms with Crippen LogP contribution in [0.25, 0.3) is 0 Å². The lowest BCUT2D eigenvalue weighted by Crippen LogP contribution is -2.10. The molecular formula is C12H12ClN3S. The number of hydrogen-bond acceptors (Lipinski definition) is 4. The van der Waals surface area contributed by atoms with Crippen molar-refractivity contribution in [3.63, 3.8) is 0 Å². The molecule has 2 rings (SSSR count). The van der Waals surface area contributed by atoms with Crippen molar-refractivity contribution in [3.05, 3.63) is 53.4 Å². The molecule has 0 radical (unpaired) electrons. The molecule has 0 amide bonds. The minimum absolute atomic E-state index is 0.116. The number of aromatic nitrogens is 2. The van der Waals surface area contributed by atoms with Crippen molar-refractivity contribution in [2.45, 2.75) is 10.3 Å². The zero-order valence-electron chi connectivity index (χ0n) is 9.08. The summed E-state index contributed by atoms with van der Waals surface area (Å²) in [5.41, 5.74) is 6.74. The molecule has 0 saturated carbocycles. The van der Waals surface area contributed by atoms with E-state index >= 15 is 0 Å². The molecule has 0 spiro atoms. The van der Waals surface area contributed by atoms with Crippen LogP contribution in [-0.2, 0) is 0 Å². The van der Waals surface area contributed by atoms with Gasteiger partial charge < -0.3 is 5.73 Å². The molecule has 0 aliphatic rings. The van der Waals surface area contributed by atoms with Crippen molar-refractivity contribution >= 4 is 23.4 Å². The Bertz CT molecular complexity index is 461. The van der Waals surface area contributed by atoms with Gasteiger partial charge in [0, 0.05) is 18.9 Å². The number of nitrogens with two attached hydrogens (primary N) is 1. The fourth-order valence-electron chi connectivity index (χ4n) is 1.37. The Balaban J connectivity index is 2.13. The van der Waals surface area contributed by atoms with Gasteiger partial charge in [-0.25, -0.2) is 4.98 Å². The number of nitrogens with zero attached hydrogens (tertiary/aromatic N) is 2. The van der Waals surface area contributed by atoms with Gasteiger partial charge in [0.25, 0.3) is 0 Å². The lowest BCUT2D eigenvalue weighted by atomic mass is 10.3. The minimum Gasteiger partial charge on any atom is -0.329 e. The van der Waals surface area contributed by atoms with Crippen LogP contribution < -0.4 is 5.73 Å². The van der Waals surface area contributed by atoms with Crippen LogP contribution in [-0.4, -0.2) is 16.5 Å². The number of hydrogen-bond donors (Lipinski definition) is 1. The summed E-state index contributed by atoms with van der Waals surface area (Å²) in [5, 5.41) is 1.65. The van der Waals surface area contributed by atoms with E-state index in [0.29, 0.717) is 11.6 Å². The Hall–Kier alpha value is -1.10. The number of thioether (sulfide) groups is 1. The monoisotopic (exact) mass is 265 g/mol. The highest BCUT2D eigenvalue weighted by Crippen LogP contribution is 2.32.